The molecule has 0 aliphatic rings. The van der Waals surface area contributed by atoms with Crippen molar-refractivity contribution in [2.45, 2.75) is 23.5 Å². The summed E-state index contributed by atoms with van der Waals surface area (Å²) in [6.07, 6.45) is 0.135. The topological polar surface area (TPSA) is 43.4 Å². The molecule has 2 unspecified atom stereocenters. The van der Waals surface area contributed by atoms with Crippen molar-refractivity contribution in [2.75, 3.05) is 7.11 Å². The van der Waals surface area contributed by atoms with Crippen LogP contribution in [0.4, 0.5) is 0 Å². The van der Waals surface area contributed by atoms with Crippen LogP contribution in [0.25, 0.3) is 0 Å². The van der Waals surface area contributed by atoms with Gasteiger partial charge < -0.3 is 4.74 Å². The van der Waals surface area contributed by atoms with Crippen molar-refractivity contribution in [3.05, 3.63) is 29.3 Å². The standard InChI is InChI=1S/C11H13ClO3S/c1-8(6-11(13)15-2)16(14)10-5-3-4-9(12)7-10/h3-5,7-8H,6H2,1-2H3. The third-order valence-electron chi connectivity index (χ3n) is 2.08. The fourth-order valence-corrected chi connectivity index (χ4v) is 2.68. The summed E-state index contributed by atoms with van der Waals surface area (Å²) in [6.45, 7) is 1.74. The van der Waals surface area contributed by atoms with Gasteiger partial charge in [0.2, 0.25) is 0 Å². The van der Waals surface area contributed by atoms with Crippen molar-refractivity contribution in [3.63, 3.8) is 0 Å². The van der Waals surface area contributed by atoms with Crippen LogP contribution in [-0.4, -0.2) is 22.5 Å². The summed E-state index contributed by atoms with van der Waals surface area (Å²) < 4.78 is 16.5. The lowest BCUT2D eigenvalue weighted by molar-refractivity contribution is -0.140. The Hall–Kier alpha value is -0.870. The van der Waals surface area contributed by atoms with Crippen molar-refractivity contribution in [3.8, 4) is 0 Å². The lowest BCUT2D eigenvalue weighted by Gasteiger charge is -2.10. The second kappa shape index (κ2) is 6.01. The Morgan fingerprint density at radius 1 is 1.56 bits per heavy atom. The van der Waals surface area contributed by atoms with E-state index in [1.807, 2.05) is 0 Å². The van der Waals surface area contributed by atoms with E-state index >= 15 is 0 Å². The van der Waals surface area contributed by atoms with Gasteiger partial charge in [-0.15, -0.1) is 0 Å². The molecule has 0 aromatic heterocycles. The average Bonchev–Trinajstić information content (AvgIpc) is 2.27. The molecular weight excluding hydrogens is 248 g/mol. The van der Waals surface area contributed by atoms with Gasteiger partial charge in [-0.05, 0) is 25.1 Å². The minimum absolute atomic E-state index is 0.135. The predicted molar refractivity (Wildman–Crippen MR) is 64.0 cm³/mol. The van der Waals surface area contributed by atoms with E-state index in [0.29, 0.717) is 9.92 Å². The minimum atomic E-state index is -1.25. The molecule has 0 heterocycles. The van der Waals surface area contributed by atoms with E-state index in [1.165, 1.54) is 7.11 Å². The van der Waals surface area contributed by atoms with Gasteiger partial charge in [-0.2, -0.15) is 0 Å². The summed E-state index contributed by atoms with van der Waals surface area (Å²) in [5, 5.41) is 0.252. The second-order valence-electron chi connectivity index (χ2n) is 3.35. The van der Waals surface area contributed by atoms with Crippen LogP contribution in [0, 0.1) is 0 Å². The van der Waals surface area contributed by atoms with Crippen molar-refractivity contribution >= 4 is 28.4 Å². The number of methoxy groups -OCH3 is 1. The fraction of sp³-hybridized carbons (Fsp3) is 0.364. The van der Waals surface area contributed by atoms with Crippen LogP contribution in [0.3, 0.4) is 0 Å². The van der Waals surface area contributed by atoms with E-state index in [1.54, 1.807) is 31.2 Å². The molecule has 0 aliphatic carbocycles. The second-order valence-corrected chi connectivity index (χ2v) is 5.65. The van der Waals surface area contributed by atoms with Crippen molar-refractivity contribution in [2.24, 2.45) is 0 Å². The van der Waals surface area contributed by atoms with Crippen LogP contribution in [0.5, 0.6) is 0 Å². The van der Waals surface area contributed by atoms with Gasteiger partial charge in [-0.25, -0.2) is 0 Å². The van der Waals surface area contributed by atoms with Crippen molar-refractivity contribution < 1.29 is 13.7 Å². The maximum absolute atomic E-state index is 12.0. The van der Waals surface area contributed by atoms with Crippen LogP contribution < -0.4 is 0 Å². The van der Waals surface area contributed by atoms with Crippen LogP contribution in [0.15, 0.2) is 29.2 Å². The molecule has 0 bridgehead atoms. The molecule has 0 saturated carbocycles. The first-order valence-electron chi connectivity index (χ1n) is 4.77. The SMILES string of the molecule is COC(=O)CC(C)S(=O)c1cccc(Cl)c1. The normalized spacial score (nSPS) is 14.2. The predicted octanol–water partition coefficient (Wildman–Crippen LogP) is 2.40. The Kier molecular flexibility index (Phi) is 4.96. The number of benzene rings is 1. The fourth-order valence-electron chi connectivity index (χ4n) is 1.22. The highest BCUT2D eigenvalue weighted by atomic mass is 35.5. The van der Waals surface area contributed by atoms with E-state index in [9.17, 15) is 9.00 Å². The van der Waals surface area contributed by atoms with Crippen LogP contribution in [-0.2, 0) is 20.3 Å². The number of carbonyl (C=O) groups is 1. The van der Waals surface area contributed by atoms with Gasteiger partial charge in [0.15, 0.2) is 0 Å². The van der Waals surface area contributed by atoms with Gasteiger partial charge in [0.05, 0.1) is 24.3 Å². The molecule has 0 N–H and O–H groups in total. The quantitative estimate of drug-likeness (QED) is 0.781. The van der Waals surface area contributed by atoms with Gasteiger partial charge in [0, 0.05) is 15.2 Å². The van der Waals surface area contributed by atoms with Gasteiger partial charge in [-0.3, -0.25) is 9.00 Å². The third kappa shape index (κ3) is 3.61. The molecule has 1 aromatic rings. The Morgan fingerprint density at radius 2 is 2.25 bits per heavy atom. The van der Waals surface area contributed by atoms with Crippen LogP contribution in [0.2, 0.25) is 5.02 Å². The summed E-state index contributed by atoms with van der Waals surface area (Å²) >= 11 is 5.80. The molecule has 16 heavy (non-hydrogen) atoms. The Bertz CT molecular complexity index is 406. The van der Waals surface area contributed by atoms with Crippen molar-refractivity contribution in [1.29, 1.82) is 0 Å². The number of esters is 1. The van der Waals surface area contributed by atoms with E-state index in [-0.39, 0.29) is 17.6 Å². The van der Waals surface area contributed by atoms with E-state index < -0.39 is 10.8 Å². The highest BCUT2D eigenvalue weighted by Crippen LogP contribution is 2.18. The number of ether oxygens (including phenoxy) is 1. The molecule has 0 fully saturated rings. The highest BCUT2D eigenvalue weighted by molar-refractivity contribution is 7.85. The van der Waals surface area contributed by atoms with Gasteiger partial charge >= 0.3 is 5.97 Å². The molecule has 5 heteroatoms. The van der Waals surface area contributed by atoms with Gasteiger partial charge in [-0.1, -0.05) is 17.7 Å². The molecular formula is C11H13ClO3S. The first-order chi connectivity index (χ1) is 7.54. The zero-order valence-corrected chi connectivity index (χ0v) is 10.7. The number of hydrogen-bond donors (Lipinski definition) is 0. The summed E-state index contributed by atoms with van der Waals surface area (Å²) in [5.41, 5.74) is 0. The molecule has 1 rings (SSSR count). The molecule has 0 saturated heterocycles. The summed E-state index contributed by atoms with van der Waals surface area (Å²) in [4.78, 5) is 11.7. The average molecular weight is 261 g/mol. The first-order valence-corrected chi connectivity index (χ1v) is 6.36. The molecule has 88 valence electrons. The number of rotatable bonds is 4. The lowest BCUT2D eigenvalue weighted by atomic mass is 10.3. The van der Waals surface area contributed by atoms with Gasteiger partial charge in [0.25, 0.3) is 0 Å². The third-order valence-corrected chi connectivity index (χ3v) is 3.93. The first kappa shape index (κ1) is 13.2. The molecule has 1 aromatic carbocycles. The zero-order chi connectivity index (χ0) is 12.1. The smallest absolute Gasteiger partial charge is 0.306 e. The van der Waals surface area contributed by atoms with E-state index in [0.717, 1.165) is 0 Å². The largest absolute Gasteiger partial charge is 0.469 e. The van der Waals surface area contributed by atoms with E-state index in [2.05, 4.69) is 4.74 Å². The minimum Gasteiger partial charge on any atom is -0.469 e. The maximum Gasteiger partial charge on any atom is 0.306 e. The Balaban J connectivity index is 2.74. The summed E-state index contributed by atoms with van der Waals surface area (Å²) in [6, 6.07) is 6.83. The van der Waals surface area contributed by atoms with E-state index in [4.69, 9.17) is 11.6 Å². The summed E-state index contributed by atoms with van der Waals surface area (Å²) in [7, 11) is 0.0709. The monoisotopic (exact) mass is 260 g/mol. The van der Waals surface area contributed by atoms with Crippen LogP contribution in [0.1, 0.15) is 13.3 Å². The molecule has 2 atom stereocenters. The number of carbonyl (C=O) groups excluding carboxylic acids is 1. The Morgan fingerprint density at radius 3 is 2.81 bits per heavy atom. The lowest BCUT2D eigenvalue weighted by Crippen LogP contribution is -2.17. The maximum atomic E-state index is 12.0. The number of halogens is 1. The number of hydrogen-bond acceptors (Lipinski definition) is 3. The molecule has 0 aliphatic heterocycles. The van der Waals surface area contributed by atoms with Crippen LogP contribution >= 0.6 is 11.6 Å². The Labute approximate surface area is 102 Å². The molecule has 0 spiro atoms. The summed E-state index contributed by atoms with van der Waals surface area (Å²) in [5.74, 6) is -0.358. The van der Waals surface area contributed by atoms with Crippen molar-refractivity contribution in [1.82, 2.24) is 0 Å². The highest BCUT2D eigenvalue weighted by Gasteiger charge is 2.17. The van der Waals surface area contributed by atoms with Gasteiger partial charge in [0.1, 0.15) is 0 Å². The molecule has 0 radical (unpaired) electrons. The molecule has 0 amide bonds. The molecule has 3 nitrogen and oxygen atoms in total. The zero-order valence-electron chi connectivity index (χ0n) is 9.10.